The molecule has 1 aromatic rings. The van der Waals surface area contributed by atoms with Gasteiger partial charge in [-0.25, -0.2) is 8.42 Å². The number of benzene rings is 1. The quantitative estimate of drug-likeness (QED) is 0.535. The van der Waals surface area contributed by atoms with Crippen LogP contribution in [0.2, 0.25) is 0 Å². The lowest BCUT2D eigenvalue weighted by Gasteiger charge is -2.28. The molecule has 27 heavy (non-hydrogen) atoms. The molecule has 1 N–H and O–H groups in total. The summed E-state index contributed by atoms with van der Waals surface area (Å²) < 4.78 is 23.7. The smallest absolute Gasteiger partial charge is 0.293 e. The molecule has 1 aliphatic heterocycles. The Bertz CT molecular complexity index is 835. The van der Waals surface area contributed by atoms with Crippen molar-refractivity contribution in [3.05, 3.63) is 33.9 Å². The van der Waals surface area contributed by atoms with Crippen LogP contribution < -0.4 is 5.32 Å². The van der Waals surface area contributed by atoms with Gasteiger partial charge in [0.15, 0.2) is 9.84 Å². The fraction of sp³-hybridized carbons (Fsp3) is 0.611. The lowest BCUT2D eigenvalue weighted by molar-refractivity contribution is -0.384. The van der Waals surface area contributed by atoms with Gasteiger partial charge in [-0.05, 0) is 37.8 Å². The lowest BCUT2D eigenvalue weighted by Crippen LogP contribution is -2.41. The van der Waals surface area contributed by atoms with Gasteiger partial charge in [-0.15, -0.1) is 0 Å². The van der Waals surface area contributed by atoms with Gasteiger partial charge in [0.05, 0.1) is 16.4 Å². The Labute approximate surface area is 159 Å². The third kappa shape index (κ3) is 4.77. The molecule has 1 saturated carbocycles. The highest BCUT2D eigenvalue weighted by molar-refractivity contribution is 7.91. The second-order valence-corrected chi connectivity index (χ2v) is 9.55. The van der Waals surface area contributed by atoms with E-state index in [9.17, 15) is 23.3 Å². The van der Waals surface area contributed by atoms with E-state index in [1.807, 2.05) is 6.92 Å². The zero-order chi connectivity index (χ0) is 19.6. The molecule has 0 radical (unpaired) electrons. The number of hydrogen-bond donors (Lipinski definition) is 1. The van der Waals surface area contributed by atoms with Gasteiger partial charge in [0.2, 0.25) is 0 Å². The van der Waals surface area contributed by atoms with Crippen LogP contribution in [0.15, 0.2) is 18.2 Å². The van der Waals surface area contributed by atoms with E-state index in [-0.39, 0.29) is 40.7 Å². The minimum Gasteiger partial charge on any atom is -0.377 e. The Kier molecular flexibility index (Phi) is 5.69. The van der Waals surface area contributed by atoms with E-state index in [0.29, 0.717) is 18.7 Å². The van der Waals surface area contributed by atoms with Crippen LogP contribution in [0.4, 0.5) is 11.4 Å². The summed E-state index contributed by atoms with van der Waals surface area (Å²) in [4.78, 5) is 25.6. The first-order valence-electron chi connectivity index (χ1n) is 9.37. The molecule has 9 heteroatoms. The van der Waals surface area contributed by atoms with Gasteiger partial charge >= 0.3 is 0 Å². The number of nitrogens with zero attached hydrogens (tertiary/aromatic N) is 2. The summed E-state index contributed by atoms with van der Waals surface area (Å²) in [6.07, 6.45) is 4.01. The number of unbranched alkanes of at least 4 members (excludes halogenated alkanes) is 1. The average molecular weight is 395 g/mol. The Morgan fingerprint density at radius 2 is 2.07 bits per heavy atom. The minimum atomic E-state index is -3.13. The van der Waals surface area contributed by atoms with Crippen LogP contribution in [0.1, 0.15) is 49.4 Å². The maximum atomic E-state index is 13.1. The fourth-order valence-electron chi connectivity index (χ4n) is 3.35. The van der Waals surface area contributed by atoms with Crippen LogP contribution in [-0.2, 0) is 9.84 Å². The number of nitrogens with one attached hydrogen (secondary N) is 1. The van der Waals surface area contributed by atoms with E-state index < -0.39 is 14.8 Å². The molecule has 1 aromatic carbocycles. The number of carbonyl (C=O) groups excluding carboxylic acids is 1. The number of amides is 1. The van der Waals surface area contributed by atoms with Gasteiger partial charge in [-0.2, -0.15) is 0 Å². The summed E-state index contributed by atoms with van der Waals surface area (Å²) in [7, 11) is -3.13. The van der Waals surface area contributed by atoms with E-state index in [2.05, 4.69) is 5.32 Å². The average Bonchev–Trinajstić information content (AvgIpc) is 3.36. The molecule has 1 atom stereocenters. The van der Waals surface area contributed by atoms with Gasteiger partial charge in [0.1, 0.15) is 5.69 Å². The van der Waals surface area contributed by atoms with Crippen molar-refractivity contribution < 1.29 is 18.1 Å². The second kappa shape index (κ2) is 7.84. The van der Waals surface area contributed by atoms with Crippen molar-refractivity contribution in [3.63, 3.8) is 0 Å². The summed E-state index contributed by atoms with van der Waals surface area (Å²) in [5, 5.41) is 14.6. The van der Waals surface area contributed by atoms with Crippen LogP contribution >= 0.6 is 0 Å². The van der Waals surface area contributed by atoms with Crippen molar-refractivity contribution in [3.8, 4) is 0 Å². The molecule has 1 saturated heterocycles. The highest BCUT2D eigenvalue weighted by atomic mass is 32.2. The molecular formula is C18H25N3O5S. The number of anilines is 1. The number of nitro benzene ring substituents is 1. The molecule has 148 valence electrons. The highest BCUT2D eigenvalue weighted by Gasteiger charge is 2.35. The molecular weight excluding hydrogens is 370 g/mol. The third-order valence-electron chi connectivity index (χ3n) is 5.04. The van der Waals surface area contributed by atoms with Crippen LogP contribution in [0.5, 0.6) is 0 Å². The number of carbonyl (C=O) groups is 1. The number of sulfone groups is 1. The monoisotopic (exact) mass is 395 g/mol. The molecule has 3 rings (SSSR count). The van der Waals surface area contributed by atoms with Gasteiger partial charge in [0.25, 0.3) is 11.6 Å². The molecule has 2 aliphatic rings. The van der Waals surface area contributed by atoms with Crippen molar-refractivity contribution >= 4 is 27.1 Å². The van der Waals surface area contributed by atoms with E-state index >= 15 is 0 Å². The Balaban J connectivity index is 1.86. The maximum Gasteiger partial charge on any atom is 0.293 e. The standard InChI is InChI=1S/C18H25N3O5S/c1-2-3-9-20(15-8-10-27(25,26)12-15)18(22)13-4-7-16(19-14-5-6-14)17(11-13)21(23)24/h4,7,11,14-15,19H,2-3,5-6,8-10,12H2,1H3. The number of hydrogen-bond acceptors (Lipinski definition) is 6. The zero-order valence-electron chi connectivity index (χ0n) is 15.4. The highest BCUT2D eigenvalue weighted by Crippen LogP contribution is 2.32. The topological polar surface area (TPSA) is 110 Å². The van der Waals surface area contributed by atoms with Gasteiger partial charge < -0.3 is 10.2 Å². The van der Waals surface area contributed by atoms with Gasteiger partial charge in [-0.3, -0.25) is 14.9 Å². The summed E-state index contributed by atoms with van der Waals surface area (Å²) in [5.41, 5.74) is 0.522. The molecule has 0 aromatic heterocycles. The largest absolute Gasteiger partial charge is 0.377 e. The predicted molar refractivity (Wildman–Crippen MR) is 103 cm³/mol. The van der Waals surface area contributed by atoms with Gasteiger partial charge in [-0.1, -0.05) is 13.3 Å². The lowest BCUT2D eigenvalue weighted by atomic mass is 10.1. The normalized spacial score (nSPS) is 21.0. The minimum absolute atomic E-state index is 0.0358. The van der Waals surface area contributed by atoms with Crippen molar-refractivity contribution in [2.45, 2.75) is 51.1 Å². The summed E-state index contributed by atoms with van der Waals surface area (Å²) in [5.74, 6) is -0.296. The molecule has 2 fully saturated rings. The van der Waals surface area contributed by atoms with Crippen LogP contribution in [-0.4, -0.2) is 54.3 Å². The van der Waals surface area contributed by atoms with Crippen LogP contribution in [0, 0.1) is 10.1 Å². The van der Waals surface area contributed by atoms with Gasteiger partial charge in [0, 0.05) is 30.3 Å². The van der Waals surface area contributed by atoms with Crippen molar-refractivity contribution in [2.24, 2.45) is 0 Å². The first-order valence-corrected chi connectivity index (χ1v) is 11.2. The van der Waals surface area contributed by atoms with Crippen molar-refractivity contribution in [2.75, 3.05) is 23.4 Å². The SMILES string of the molecule is CCCCN(C(=O)c1ccc(NC2CC2)c([N+](=O)[O-])c1)C1CCS(=O)(=O)C1. The molecule has 0 bridgehead atoms. The number of nitro groups is 1. The molecule has 1 heterocycles. The van der Waals surface area contributed by atoms with Crippen molar-refractivity contribution in [1.29, 1.82) is 0 Å². The second-order valence-electron chi connectivity index (χ2n) is 7.32. The Morgan fingerprint density at radius 1 is 1.33 bits per heavy atom. The molecule has 1 aliphatic carbocycles. The van der Waals surface area contributed by atoms with E-state index in [0.717, 1.165) is 25.7 Å². The first-order chi connectivity index (χ1) is 12.8. The Morgan fingerprint density at radius 3 is 2.63 bits per heavy atom. The van der Waals surface area contributed by atoms with E-state index in [1.165, 1.54) is 6.07 Å². The molecule has 1 unspecified atom stereocenters. The molecule has 1 amide bonds. The van der Waals surface area contributed by atoms with E-state index in [1.54, 1.807) is 17.0 Å². The first kappa shape index (κ1) is 19.6. The zero-order valence-corrected chi connectivity index (χ0v) is 16.2. The fourth-order valence-corrected chi connectivity index (χ4v) is 5.08. The van der Waals surface area contributed by atoms with Crippen molar-refractivity contribution in [1.82, 2.24) is 4.90 Å². The van der Waals surface area contributed by atoms with E-state index in [4.69, 9.17) is 0 Å². The van der Waals surface area contributed by atoms with Crippen LogP contribution in [0.25, 0.3) is 0 Å². The third-order valence-corrected chi connectivity index (χ3v) is 6.79. The molecule has 8 nitrogen and oxygen atoms in total. The predicted octanol–water partition coefficient (Wildman–Crippen LogP) is 2.60. The summed E-state index contributed by atoms with van der Waals surface area (Å²) >= 11 is 0. The maximum absolute atomic E-state index is 13.1. The molecule has 0 spiro atoms. The number of rotatable bonds is 8. The Hall–Kier alpha value is -2.16. The van der Waals surface area contributed by atoms with Crippen LogP contribution in [0.3, 0.4) is 0 Å². The summed E-state index contributed by atoms with van der Waals surface area (Å²) in [6, 6.07) is 4.36. The summed E-state index contributed by atoms with van der Waals surface area (Å²) in [6.45, 7) is 2.45.